The van der Waals surface area contributed by atoms with E-state index < -0.39 is 0 Å². The Morgan fingerprint density at radius 3 is 2.54 bits per heavy atom. The summed E-state index contributed by atoms with van der Waals surface area (Å²) in [5, 5.41) is 8.95. The Balaban J connectivity index is 1.38. The summed E-state index contributed by atoms with van der Waals surface area (Å²) < 4.78 is 1.53. The monoisotopic (exact) mass is 355 g/mol. The van der Waals surface area contributed by atoms with Gasteiger partial charge in [-0.05, 0) is 44.2 Å². The van der Waals surface area contributed by atoms with E-state index in [4.69, 9.17) is 0 Å². The Hall–Kier alpha value is -2.28. The molecule has 0 N–H and O–H groups in total. The summed E-state index contributed by atoms with van der Waals surface area (Å²) in [4.78, 5) is 29.3. The fourth-order valence-electron chi connectivity index (χ4n) is 4.00. The van der Waals surface area contributed by atoms with Gasteiger partial charge < -0.3 is 4.90 Å². The van der Waals surface area contributed by atoms with E-state index >= 15 is 0 Å². The number of hydrogen-bond donors (Lipinski definition) is 0. The molecule has 0 aliphatic carbocycles. The third-order valence-electron chi connectivity index (χ3n) is 5.56. The number of carbonyl (C=O) groups is 1. The van der Waals surface area contributed by atoms with Crippen molar-refractivity contribution in [3.8, 4) is 0 Å². The molecular formula is C19H25N5O2. The number of aromatic nitrogens is 3. The molecule has 1 aromatic heterocycles. The predicted molar refractivity (Wildman–Crippen MR) is 98.9 cm³/mol. The molecule has 2 aliphatic rings. The molecule has 26 heavy (non-hydrogen) atoms. The van der Waals surface area contributed by atoms with Crippen molar-refractivity contribution in [3.63, 3.8) is 0 Å². The number of hydrogen-bond acceptors (Lipinski definition) is 5. The summed E-state index contributed by atoms with van der Waals surface area (Å²) in [6, 6.07) is 7.38. The van der Waals surface area contributed by atoms with Crippen molar-refractivity contribution >= 4 is 16.8 Å². The van der Waals surface area contributed by atoms with Crippen LogP contribution in [-0.2, 0) is 4.79 Å². The van der Waals surface area contributed by atoms with Crippen molar-refractivity contribution in [1.82, 2.24) is 24.8 Å². The molecule has 2 fully saturated rings. The van der Waals surface area contributed by atoms with E-state index in [2.05, 4.69) is 15.2 Å². The van der Waals surface area contributed by atoms with Crippen LogP contribution < -0.4 is 5.56 Å². The predicted octanol–water partition coefficient (Wildman–Crippen LogP) is 1.44. The SMILES string of the molecule is O=C(CN1CCC(n2nnc3ccccc3c2=O)CC1)N1CCCCC1. The van der Waals surface area contributed by atoms with Gasteiger partial charge in [0, 0.05) is 26.2 Å². The number of nitrogens with zero attached hydrogens (tertiary/aromatic N) is 5. The van der Waals surface area contributed by atoms with E-state index in [1.165, 1.54) is 11.1 Å². The molecule has 7 heteroatoms. The maximum Gasteiger partial charge on any atom is 0.277 e. The van der Waals surface area contributed by atoms with Crippen LogP contribution >= 0.6 is 0 Å². The Morgan fingerprint density at radius 2 is 1.77 bits per heavy atom. The van der Waals surface area contributed by atoms with E-state index in [1.807, 2.05) is 23.1 Å². The minimum absolute atomic E-state index is 0.0564. The van der Waals surface area contributed by atoms with Crippen LogP contribution in [0.1, 0.15) is 38.1 Å². The van der Waals surface area contributed by atoms with Crippen molar-refractivity contribution < 1.29 is 4.79 Å². The van der Waals surface area contributed by atoms with Crippen LogP contribution in [0.25, 0.3) is 10.9 Å². The van der Waals surface area contributed by atoms with Gasteiger partial charge >= 0.3 is 0 Å². The summed E-state index contributed by atoms with van der Waals surface area (Å²) in [6.07, 6.45) is 5.12. The highest BCUT2D eigenvalue weighted by atomic mass is 16.2. The van der Waals surface area contributed by atoms with Crippen molar-refractivity contribution in [1.29, 1.82) is 0 Å². The summed E-state index contributed by atoms with van der Waals surface area (Å²) in [7, 11) is 0. The first-order valence-electron chi connectivity index (χ1n) is 9.57. The van der Waals surface area contributed by atoms with Crippen LogP contribution in [-0.4, -0.2) is 63.4 Å². The Morgan fingerprint density at radius 1 is 1.04 bits per heavy atom. The fraction of sp³-hybridized carbons (Fsp3) is 0.579. The maximum absolute atomic E-state index is 12.7. The molecule has 0 atom stereocenters. The summed E-state index contributed by atoms with van der Waals surface area (Å²) in [6.45, 7) is 3.91. The lowest BCUT2D eigenvalue weighted by Crippen LogP contribution is -2.46. The van der Waals surface area contributed by atoms with E-state index in [0.717, 1.165) is 51.9 Å². The van der Waals surface area contributed by atoms with Gasteiger partial charge in [-0.3, -0.25) is 14.5 Å². The zero-order valence-corrected chi connectivity index (χ0v) is 15.0. The zero-order chi connectivity index (χ0) is 17.9. The van der Waals surface area contributed by atoms with Gasteiger partial charge in [0.2, 0.25) is 5.91 Å². The number of amides is 1. The smallest absolute Gasteiger partial charge is 0.277 e. The van der Waals surface area contributed by atoms with E-state index in [9.17, 15) is 9.59 Å². The van der Waals surface area contributed by atoms with Gasteiger partial charge in [0.15, 0.2) is 0 Å². The van der Waals surface area contributed by atoms with Crippen LogP contribution in [0.4, 0.5) is 0 Å². The van der Waals surface area contributed by atoms with Gasteiger partial charge in [0.05, 0.1) is 18.0 Å². The molecule has 7 nitrogen and oxygen atoms in total. The van der Waals surface area contributed by atoms with Crippen LogP contribution in [0, 0.1) is 0 Å². The molecule has 4 rings (SSSR count). The first-order valence-corrected chi connectivity index (χ1v) is 9.57. The topological polar surface area (TPSA) is 71.3 Å². The molecule has 0 saturated carbocycles. The van der Waals surface area contributed by atoms with Crippen LogP contribution in [0.5, 0.6) is 0 Å². The fourth-order valence-corrected chi connectivity index (χ4v) is 4.00. The first kappa shape index (κ1) is 17.1. The highest BCUT2D eigenvalue weighted by Gasteiger charge is 2.26. The van der Waals surface area contributed by atoms with Gasteiger partial charge in [-0.25, -0.2) is 4.68 Å². The average Bonchev–Trinajstić information content (AvgIpc) is 2.70. The second-order valence-corrected chi connectivity index (χ2v) is 7.31. The lowest BCUT2D eigenvalue weighted by atomic mass is 10.0. The molecule has 2 aromatic rings. The molecule has 1 amide bonds. The zero-order valence-electron chi connectivity index (χ0n) is 15.0. The van der Waals surface area contributed by atoms with Gasteiger partial charge in [-0.15, -0.1) is 5.10 Å². The summed E-state index contributed by atoms with van der Waals surface area (Å²) >= 11 is 0. The lowest BCUT2D eigenvalue weighted by molar-refractivity contribution is -0.133. The maximum atomic E-state index is 12.7. The number of carbonyl (C=O) groups excluding carboxylic acids is 1. The first-order chi connectivity index (χ1) is 12.7. The number of benzene rings is 1. The van der Waals surface area contributed by atoms with E-state index in [1.54, 1.807) is 6.07 Å². The molecular weight excluding hydrogens is 330 g/mol. The standard InChI is InChI=1S/C19H25N5O2/c25-18(23-10-4-1-5-11-23)14-22-12-8-15(9-13-22)24-19(26)16-6-2-3-7-17(16)20-21-24/h2-3,6-7,15H,1,4-5,8-14H2. The minimum Gasteiger partial charge on any atom is -0.342 e. The molecule has 1 aromatic carbocycles. The summed E-state index contributed by atoms with van der Waals surface area (Å²) in [5.74, 6) is 0.241. The van der Waals surface area contributed by atoms with Crippen LogP contribution in [0.2, 0.25) is 0 Å². The second-order valence-electron chi connectivity index (χ2n) is 7.31. The molecule has 0 unspecified atom stereocenters. The Bertz CT molecular complexity index is 835. The number of piperidine rings is 2. The van der Waals surface area contributed by atoms with E-state index in [-0.39, 0.29) is 17.5 Å². The highest BCUT2D eigenvalue weighted by Crippen LogP contribution is 2.21. The second kappa shape index (κ2) is 7.53. The quantitative estimate of drug-likeness (QED) is 0.833. The van der Waals surface area contributed by atoms with Crippen LogP contribution in [0.15, 0.2) is 29.1 Å². The molecule has 3 heterocycles. The number of rotatable bonds is 3. The highest BCUT2D eigenvalue weighted by molar-refractivity contribution is 5.78. The molecule has 0 bridgehead atoms. The van der Waals surface area contributed by atoms with Crippen molar-refractivity contribution in [2.45, 2.75) is 38.1 Å². The molecule has 138 valence electrons. The number of fused-ring (bicyclic) bond motifs is 1. The molecule has 0 spiro atoms. The number of likely N-dealkylation sites (tertiary alicyclic amines) is 2. The largest absolute Gasteiger partial charge is 0.342 e. The van der Waals surface area contributed by atoms with Crippen LogP contribution in [0.3, 0.4) is 0 Å². The van der Waals surface area contributed by atoms with Gasteiger partial charge in [0.25, 0.3) is 5.56 Å². The lowest BCUT2D eigenvalue weighted by Gasteiger charge is -2.34. The van der Waals surface area contributed by atoms with Gasteiger partial charge in [0.1, 0.15) is 5.52 Å². The Kier molecular flexibility index (Phi) is 4.97. The minimum atomic E-state index is -0.0709. The molecule has 2 aliphatic heterocycles. The Labute approximate surface area is 152 Å². The van der Waals surface area contributed by atoms with Crippen molar-refractivity contribution in [2.75, 3.05) is 32.7 Å². The third-order valence-corrected chi connectivity index (χ3v) is 5.56. The average molecular weight is 355 g/mol. The third kappa shape index (κ3) is 3.49. The normalized spacial score (nSPS) is 19.8. The van der Waals surface area contributed by atoms with Crippen molar-refractivity contribution in [3.05, 3.63) is 34.6 Å². The van der Waals surface area contributed by atoms with Crippen molar-refractivity contribution in [2.24, 2.45) is 0 Å². The van der Waals surface area contributed by atoms with Gasteiger partial charge in [-0.1, -0.05) is 17.3 Å². The van der Waals surface area contributed by atoms with Gasteiger partial charge in [-0.2, -0.15) is 0 Å². The molecule has 2 saturated heterocycles. The molecule has 0 radical (unpaired) electrons. The summed E-state index contributed by atoms with van der Waals surface area (Å²) in [5.41, 5.74) is 0.566. The van der Waals surface area contributed by atoms with E-state index in [0.29, 0.717) is 17.4 Å².